The van der Waals surface area contributed by atoms with Gasteiger partial charge >= 0.3 is 0 Å². The smallest absolute Gasteiger partial charge is 0.229 e. The Morgan fingerprint density at radius 1 is 1.32 bits per heavy atom. The Hall–Kier alpha value is -1.29. The van der Waals surface area contributed by atoms with Crippen LogP contribution in [0, 0.1) is 5.41 Å². The normalized spacial score (nSPS) is 16.6. The number of aromatic nitrogens is 1. The Labute approximate surface area is 119 Å². The van der Waals surface area contributed by atoms with Crippen molar-refractivity contribution in [1.82, 2.24) is 9.88 Å². The van der Waals surface area contributed by atoms with Gasteiger partial charge in [-0.1, -0.05) is 6.07 Å². The van der Waals surface area contributed by atoms with Crippen LogP contribution in [-0.4, -0.2) is 47.9 Å². The molecule has 0 unspecified atom stereocenters. The Morgan fingerprint density at radius 3 is 2.53 bits per heavy atom. The van der Waals surface area contributed by atoms with Gasteiger partial charge in [-0.2, -0.15) is 0 Å². The molecule has 0 aliphatic carbocycles. The van der Waals surface area contributed by atoms with Crippen molar-refractivity contribution in [3.8, 4) is 0 Å². The third kappa shape index (κ3) is 3.18. The molecule has 0 N–H and O–H groups in total. The van der Waals surface area contributed by atoms with Gasteiger partial charge in [0.2, 0.25) is 5.91 Å². The Kier molecular flexibility index (Phi) is 4.30. The first-order chi connectivity index (χ1) is 9.04. The maximum absolute atomic E-state index is 12.3. The van der Waals surface area contributed by atoms with Crippen LogP contribution in [0.4, 0.5) is 5.82 Å². The number of nitrogens with zero attached hydrogens (tertiary/aromatic N) is 3. The maximum atomic E-state index is 12.3. The molecule has 0 spiro atoms. The van der Waals surface area contributed by atoms with Crippen molar-refractivity contribution in [3.63, 3.8) is 0 Å². The summed E-state index contributed by atoms with van der Waals surface area (Å²) >= 11 is 5.86. The number of carbonyl (C=O) groups excluding carboxylic acids is 1. The SMILES string of the molecule is CC(C)(CCl)C(=O)N1CCN(c2ccccn2)CC1. The Bertz CT molecular complexity index is 428. The largest absolute Gasteiger partial charge is 0.353 e. The van der Waals surface area contributed by atoms with Crippen LogP contribution in [0.2, 0.25) is 0 Å². The number of piperazine rings is 1. The van der Waals surface area contributed by atoms with E-state index < -0.39 is 5.41 Å². The standard InChI is InChI=1S/C14H20ClN3O/c1-14(2,11-15)13(19)18-9-7-17(8-10-18)12-5-3-4-6-16-12/h3-6H,7-11H2,1-2H3. The number of hydrogen-bond acceptors (Lipinski definition) is 3. The number of amides is 1. The van der Waals surface area contributed by atoms with Gasteiger partial charge in [-0.25, -0.2) is 4.98 Å². The highest BCUT2D eigenvalue weighted by Crippen LogP contribution is 2.22. The van der Waals surface area contributed by atoms with Gasteiger partial charge in [-0.3, -0.25) is 4.79 Å². The second-order valence-corrected chi connectivity index (χ2v) is 5.75. The zero-order valence-corrected chi connectivity index (χ0v) is 12.2. The quantitative estimate of drug-likeness (QED) is 0.795. The fraction of sp³-hybridized carbons (Fsp3) is 0.571. The molecule has 0 radical (unpaired) electrons. The highest BCUT2D eigenvalue weighted by atomic mass is 35.5. The number of pyridine rings is 1. The average molecular weight is 282 g/mol. The van der Waals surface area contributed by atoms with Crippen LogP contribution in [0.25, 0.3) is 0 Å². The highest BCUT2D eigenvalue weighted by Gasteiger charge is 2.33. The zero-order chi connectivity index (χ0) is 13.9. The lowest BCUT2D eigenvalue weighted by Crippen LogP contribution is -2.52. The molecule has 2 heterocycles. The van der Waals surface area contributed by atoms with E-state index in [0.717, 1.165) is 32.0 Å². The first-order valence-electron chi connectivity index (χ1n) is 6.56. The van der Waals surface area contributed by atoms with Gasteiger partial charge in [0.25, 0.3) is 0 Å². The molecule has 4 nitrogen and oxygen atoms in total. The Balaban J connectivity index is 1.95. The van der Waals surface area contributed by atoms with Crippen LogP contribution in [0.1, 0.15) is 13.8 Å². The van der Waals surface area contributed by atoms with Crippen molar-refractivity contribution in [3.05, 3.63) is 24.4 Å². The topological polar surface area (TPSA) is 36.4 Å². The first-order valence-corrected chi connectivity index (χ1v) is 7.09. The summed E-state index contributed by atoms with van der Waals surface area (Å²) in [5.74, 6) is 1.47. The number of alkyl halides is 1. The van der Waals surface area contributed by atoms with Crippen molar-refractivity contribution in [2.24, 2.45) is 5.41 Å². The predicted octanol–water partition coefficient (Wildman–Crippen LogP) is 2.00. The molecule has 0 saturated carbocycles. The number of anilines is 1. The van der Waals surface area contributed by atoms with Gasteiger partial charge in [-0.15, -0.1) is 11.6 Å². The number of rotatable bonds is 3. The number of hydrogen-bond donors (Lipinski definition) is 0. The minimum atomic E-state index is -0.477. The van der Waals surface area contributed by atoms with Crippen molar-refractivity contribution < 1.29 is 4.79 Å². The summed E-state index contributed by atoms with van der Waals surface area (Å²) in [6, 6.07) is 5.89. The summed E-state index contributed by atoms with van der Waals surface area (Å²) < 4.78 is 0. The van der Waals surface area contributed by atoms with Gasteiger partial charge in [0.15, 0.2) is 0 Å². The second-order valence-electron chi connectivity index (χ2n) is 5.48. The molecule has 19 heavy (non-hydrogen) atoms. The van der Waals surface area contributed by atoms with Crippen molar-refractivity contribution in [1.29, 1.82) is 0 Å². The monoisotopic (exact) mass is 281 g/mol. The minimum Gasteiger partial charge on any atom is -0.353 e. The van der Waals surface area contributed by atoms with Gasteiger partial charge in [0, 0.05) is 38.3 Å². The number of carbonyl (C=O) groups is 1. The fourth-order valence-electron chi connectivity index (χ4n) is 2.16. The molecule has 1 amide bonds. The molecule has 1 aliphatic heterocycles. The van der Waals surface area contributed by atoms with E-state index >= 15 is 0 Å². The predicted molar refractivity (Wildman–Crippen MR) is 77.5 cm³/mol. The zero-order valence-electron chi connectivity index (χ0n) is 11.5. The third-order valence-corrected chi connectivity index (χ3v) is 4.12. The van der Waals surface area contributed by atoms with Crippen LogP contribution in [0.5, 0.6) is 0 Å². The molecule has 1 aliphatic rings. The molecular formula is C14H20ClN3O. The lowest BCUT2D eigenvalue weighted by atomic mass is 9.94. The van der Waals surface area contributed by atoms with E-state index in [-0.39, 0.29) is 5.91 Å². The highest BCUT2D eigenvalue weighted by molar-refractivity contribution is 6.19. The molecule has 1 aromatic heterocycles. The minimum absolute atomic E-state index is 0.142. The fourth-order valence-corrected chi connectivity index (χ4v) is 2.28. The summed E-state index contributed by atoms with van der Waals surface area (Å²) in [7, 11) is 0. The van der Waals surface area contributed by atoms with Crippen LogP contribution in [0.15, 0.2) is 24.4 Å². The summed E-state index contributed by atoms with van der Waals surface area (Å²) in [4.78, 5) is 20.8. The van der Waals surface area contributed by atoms with E-state index in [0.29, 0.717) is 5.88 Å². The molecule has 5 heteroatoms. The average Bonchev–Trinajstić information content (AvgIpc) is 2.47. The van der Waals surface area contributed by atoms with Crippen LogP contribution in [-0.2, 0) is 4.79 Å². The summed E-state index contributed by atoms with van der Waals surface area (Å²) in [5.41, 5.74) is -0.477. The lowest BCUT2D eigenvalue weighted by Gasteiger charge is -2.38. The van der Waals surface area contributed by atoms with Crippen LogP contribution in [0.3, 0.4) is 0 Å². The maximum Gasteiger partial charge on any atom is 0.229 e. The van der Waals surface area contributed by atoms with Crippen LogP contribution < -0.4 is 4.90 Å². The lowest BCUT2D eigenvalue weighted by molar-refractivity contribution is -0.139. The number of halogens is 1. The molecule has 0 atom stereocenters. The third-order valence-electron chi connectivity index (χ3n) is 3.45. The molecule has 104 valence electrons. The molecule has 0 bridgehead atoms. The molecular weight excluding hydrogens is 262 g/mol. The summed E-state index contributed by atoms with van der Waals surface area (Å²) in [6.07, 6.45) is 1.80. The molecule has 1 saturated heterocycles. The first kappa shape index (κ1) is 14.1. The van der Waals surface area contributed by atoms with E-state index in [4.69, 9.17) is 11.6 Å². The second kappa shape index (κ2) is 5.78. The summed E-state index contributed by atoms with van der Waals surface area (Å²) in [5, 5.41) is 0. The van der Waals surface area contributed by atoms with Crippen molar-refractivity contribution in [2.45, 2.75) is 13.8 Å². The molecule has 1 fully saturated rings. The molecule has 0 aromatic carbocycles. The summed E-state index contributed by atoms with van der Waals surface area (Å²) in [6.45, 7) is 6.90. The van der Waals surface area contributed by atoms with Gasteiger partial charge in [-0.05, 0) is 26.0 Å². The van der Waals surface area contributed by atoms with E-state index in [1.165, 1.54) is 0 Å². The van der Waals surface area contributed by atoms with Crippen molar-refractivity contribution >= 4 is 23.3 Å². The van der Waals surface area contributed by atoms with Gasteiger partial charge in [0.1, 0.15) is 5.82 Å². The Morgan fingerprint density at radius 2 is 2.00 bits per heavy atom. The van der Waals surface area contributed by atoms with E-state index in [9.17, 15) is 4.79 Å². The molecule has 1 aromatic rings. The van der Waals surface area contributed by atoms with Crippen LogP contribution >= 0.6 is 11.6 Å². The van der Waals surface area contributed by atoms with Crippen molar-refractivity contribution in [2.75, 3.05) is 37.0 Å². The molecule has 2 rings (SSSR count). The van der Waals surface area contributed by atoms with E-state index in [2.05, 4.69) is 9.88 Å². The van der Waals surface area contributed by atoms with E-state index in [1.807, 2.05) is 36.9 Å². The van der Waals surface area contributed by atoms with Gasteiger partial charge in [0.05, 0.1) is 5.41 Å². The van der Waals surface area contributed by atoms with Gasteiger partial charge < -0.3 is 9.80 Å². The van der Waals surface area contributed by atoms with E-state index in [1.54, 1.807) is 6.20 Å².